The summed E-state index contributed by atoms with van der Waals surface area (Å²) < 4.78 is 5.43. The van der Waals surface area contributed by atoms with Gasteiger partial charge in [0.25, 0.3) is 5.91 Å². The van der Waals surface area contributed by atoms with Crippen molar-refractivity contribution in [3.63, 3.8) is 0 Å². The maximum atomic E-state index is 12.6. The zero-order valence-corrected chi connectivity index (χ0v) is 15.0. The molecule has 136 valence electrons. The van der Waals surface area contributed by atoms with E-state index in [1.807, 2.05) is 29.2 Å². The molecule has 5 heteroatoms. The Morgan fingerprint density at radius 2 is 2.08 bits per heavy atom. The zero-order valence-electron chi connectivity index (χ0n) is 15.0. The maximum absolute atomic E-state index is 12.6. The quantitative estimate of drug-likeness (QED) is 0.583. The molecule has 0 radical (unpaired) electrons. The number of carbonyl (C=O) groups excluding carboxylic acids is 2. The number of likely N-dealkylation sites (tertiary alicyclic amines) is 1. The lowest BCUT2D eigenvalue weighted by molar-refractivity contribution is -0.131. The number of piperidine rings is 1. The van der Waals surface area contributed by atoms with E-state index in [0.717, 1.165) is 37.9 Å². The summed E-state index contributed by atoms with van der Waals surface area (Å²) in [7, 11) is 0. The molecule has 1 atom stereocenters. The number of nitrogens with zero attached hydrogens (tertiary/aromatic N) is 1. The van der Waals surface area contributed by atoms with Crippen LogP contribution in [0.5, 0.6) is 0 Å². The zero-order chi connectivity index (χ0) is 18.1. The Balaban J connectivity index is 1.87. The van der Waals surface area contributed by atoms with Crippen molar-refractivity contribution in [1.82, 2.24) is 10.2 Å². The van der Waals surface area contributed by atoms with Gasteiger partial charge in [-0.05, 0) is 50.3 Å². The molecule has 1 N–H and O–H groups in total. The summed E-state index contributed by atoms with van der Waals surface area (Å²) in [6, 6.07) is 7.48. The molecular weight excluding hydrogens is 316 g/mol. The number of hydrogen-bond acceptors (Lipinski definition) is 3. The van der Waals surface area contributed by atoms with Gasteiger partial charge in [-0.3, -0.25) is 9.59 Å². The summed E-state index contributed by atoms with van der Waals surface area (Å²) in [6.45, 7) is 7.89. The molecule has 25 heavy (non-hydrogen) atoms. The molecule has 1 unspecified atom stereocenters. The van der Waals surface area contributed by atoms with Gasteiger partial charge in [-0.15, -0.1) is 6.58 Å². The monoisotopic (exact) mass is 344 g/mol. The van der Waals surface area contributed by atoms with E-state index in [2.05, 4.69) is 11.9 Å². The van der Waals surface area contributed by atoms with Crippen LogP contribution < -0.4 is 5.32 Å². The minimum Gasteiger partial charge on any atom is -0.368 e. The summed E-state index contributed by atoms with van der Waals surface area (Å²) >= 11 is 0. The van der Waals surface area contributed by atoms with E-state index >= 15 is 0 Å². The second kappa shape index (κ2) is 9.99. The summed E-state index contributed by atoms with van der Waals surface area (Å²) in [4.78, 5) is 26.5. The number of amides is 2. The van der Waals surface area contributed by atoms with Crippen molar-refractivity contribution >= 4 is 11.8 Å². The van der Waals surface area contributed by atoms with Crippen molar-refractivity contribution in [2.24, 2.45) is 0 Å². The van der Waals surface area contributed by atoms with Gasteiger partial charge in [-0.2, -0.15) is 0 Å². The Morgan fingerprint density at radius 3 is 2.80 bits per heavy atom. The van der Waals surface area contributed by atoms with Gasteiger partial charge >= 0.3 is 0 Å². The van der Waals surface area contributed by atoms with Crippen LogP contribution in [0.15, 0.2) is 36.9 Å². The summed E-state index contributed by atoms with van der Waals surface area (Å²) in [5.74, 6) is -0.0779. The van der Waals surface area contributed by atoms with Gasteiger partial charge in [0.2, 0.25) is 5.91 Å². The van der Waals surface area contributed by atoms with Crippen LogP contribution in [-0.4, -0.2) is 42.5 Å². The van der Waals surface area contributed by atoms with Gasteiger partial charge in [0.05, 0.1) is 6.61 Å². The molecular formula is C20H28N2O3. The summed E-state index contributed by atoms with van der Waals surface area (Å²) in [5, 5.41) is 2.86. The SMILES string of the molecule is C=CCCOC(C)C(=O)NCc1cccc(C(=O)N2CCCCC2)c1. The fraction of sp³-hybridized carbons (Fsp3) is 0.500. The minimum atomic E-state index is -0.502. The molecule has 2 rings (SSSR count). The average molecular weight is 344 g/mol. The van der Waals surface area contributed by atoms with E-state index in [0.29, 0.717) is 18.7 Å². The molecule has 0 bridgehead atoms. The molecule has 1 saturated heterocycles. The Bertz CT molecular complexity index is 594. The maximum Gasteiger partial charge on any atom is 0.253 e. The van der Waals surface area contributed by atoms with Gasteiger partial charge in [0, 0.05) is 25.2 Å². The van der Waals surface area contributed by atoms with E-state index in [9.17, 15) is 9.59 Å². The number of rotatable bonds is 8. The molecule has 5 nitrogen and oxygen atoms in total. The van der Waals surface area contributed by atoms with Crippen LogP contribution in [0.1, 0.15) is 48.5 Å². The molecule has 1 aromatic carbocycles. The third-order valence-electron chi connectivity index (χ3n) is 4.34. The van der Waals surface area contributed by atoms with Crippen LogP contribution in [-0.2, 0) is 16.1 Å². The highest BCUT2D eigenvalue weighted by molar-refractivity contribution is 5.94. The molecule has 0 aromatic heterocycles. The lowest BCUT2D eigenvalue weighted by Crippen LogP contribution is -2.36. The number of nitrogens with one attached hydrogen (secondary N) is 1. The van der Waals surface area contributed by atoms with Crippen LogP contribution in [0.3, 0.4) is 0 Å². The van der Waals surface area contributed by atoms with Crippen LogP contribution in [0.4, 0.5) is 0 Å². The molecule has 1 heterocycles. The summed E-state index contributed by atoms with van der Waals surface area (Å²) in [6.07, 6.45) is 5.32. The lowest BCUT2D eigenvalue weighted by atomic mass is 10.1. The Labute approximate surface area is 150 Å². The fourth-order valence-electron chi connectivity index (χ4n) is 2.83. The molecule has 0 aliphatic carbocycles. The first-order valence-electron chi connectivity index (χ1n) is 9.00. The minimum absolute atomic E-state index is 0.0778. The molecule has 0 saturated carbocycles. The number of ether oxygens (including phenoxy) is 1. The van der Waals surface area contributed by atoms with Gasteiger partial charge in [-0.1, -0.05) is 18.2 Å². The highest BCUT2D eigenvalue weighted by Gasteiger charge is 2.18. The highest BCUT2D eigenvalue weighted by Crippen LogP contribution is 2.14. The first kappa shape index (κ1) is 19.2. The second-order valence-corrected chi connectivity index (χ2v) is 6.36. The lowest BCUT2D eigenvalue weighted by Gasteiger charge is -2.26. The highest BCUT2D eigenvalue weighted by atomic mass is 16.5. The molecule has 0 spiro atoms. The van der Waals surface area contributed by atoms with Gasteiger partial charge in [0.15, 0.2) is 0 Å². The number of hydrogen-bond donors (Lipinski definition) is 1. The van der Waals surface area contributed by atoms with Gasteiger partial charge in [0.1, 0.15) is 6.10 Å². The smallest absolute Gasteiger partial charge is 0.253 e. The van der Waals surface area contributed by atoms with E-state index < -0.39 is 6.10 Å². The van der Waals surface area contributed by atoms with Crippen molar-refractivity contribution in [3.05, 3.63) is 48.0 Å². The van der Waals surface area contributed by atoms with Gasteiger partial charge < -0.3 is 15.0 Å². The molecule has 1 aliphatic heterocycles. The van der Waals surface area contributed by atoms with Crippen LogP contribution in [0.2, 0.25) is 0 Å². The van der Waals surface area contributed by atoms with Crippen molar-refractivity contribution < 1.29 is 14.3 Å². The Kier molecular flexibility index (Phi) is 7.67. The largest absolute Gasteiger partial charge is 0.368 e. The van der Waals surface area contributed by atoms with Crippen LogP contribution >= 0.6 is 0 Å². The Hall–Kier alpha value is -2.14. The molecule has 2 amide bonds. The van der Waals surface area contributed by atoms with Crippen molar-refractivity contribution in [1.29, 1.82) is 0 Å². The third-order valence-corrected chi connectivity index (χ3v) is 4.34. The topological polar surface area (TPSA) is 58.6 Å². The number of benzene rings is 1. The van der Waals surface area contributed by atoms with Crippen molar-refractivity contribution in [2.45, 2.75) is 45.3 Å². The van der Waals surface area contributed by atoms with Crippen molar-refractivity contribution in [2.75, 3.05) is 19.7 Å². The average Bonchev–Trinajstić information content (AvgIpc) is 2.66. The van der Waals surface area contributed by atoms with Crippen molar-refractivity contribution in [3.8, 4) is 0 Å². The number of carbonyl (C=O) groups is 2. The van der Waals surface area contributed by atoms with E-state index in [1.54, 1.807) is 13.0 Å². The molecule has 1 aromatic rings. The predicted octanol–water partition coefficient (Wildman–Crippen LogP) is 2.91. The first-order valence-corrected chi connectivity index (χ1v) is 9.00. The fourth-order valence-corrected chi connectivity index (χ4v) is 2.83. The predicted molar refractivity (Wildman–Crippen MR) is 98.3 cm³/mol. The standard InChI is InChI=1S/C20H28N2O3/c1-3-4-13-25-16(2)19(23)21-15-17-9-8-10-18(14-17)20(24)22-11-6-5-7-12-22/h3,8-10,14,16H,1,4-7,11-13,15H2,2H3,(H,21,23). The van der Waals surface area contributed by atoms with Crippen LogP contribution in [0.25, 0.3) is 0 Å². The van der Waals surface area contributed by atoms with E-state index in [1.165, 1.54) is 6.42 Å². The Morgan fingerprint density at radius 1 is 1.32 bits per heavy atom. The van der Waals surface area contributed by atoms with E-state index in [4.69, 9.17) is 4.74 Å². The molecule has 1 aliphatic rings. The van der Waals surface area contributed by atoms with Crippen LogP contribution in [0, 0.1) is 0 Å². The third kappa shape index (κ3) is 6.02. The van der Waals surface area contributed by atoms with Gasteiger partial charge in [-0.25, -0.2) is 0 Å². The summed E-state index contributed by atoms with van der Waals surface area (Å²) in [5.41, 5.74) is 1.60. The van der Waals surface area contributed by atoms with E-state index in [-0.39, 0.29) is 11.8 Å². The first-order chi connectivity index (χ1) is 12.1. The molecule has 1 fully saturated rings. The normalized spacial score (nSPS) is 15.5. The second-order valence-electron chi connectivity index (χ2n) is 6.36.